The number of thioether (sulfide) groups is 1. The zero-order valence-corrected chi connectivity index (χ0v) is 10.7. The van der Waals surface area contributed by atoms with Gasteiger partial charge in [0.05, 0.1) is 0 Å². The van der Waals surface area contributed by atoms with Crippen molar-refractivity contribution in [1.82, 2.24) is 4.90 Å². The molecule has 0 spiro atoms. The molecule has 0 bridgehead atoms. The summed E-state index contributed by atoms with van der Waals surface area (Å²) in [5, 5.41) is 0. The zero-order chi connectivity index (χ0) is 9.94. The Morgan fingerprint density at radius 2 is 1.69 bits per heavy atom. The van der Waals surface area contributed by atoms with Crippen molar-refractivity contribution in [1.29, 1.82) is 0 Å². The molecule has 0 amide bonds. The van der Waals surface area contributed by atoms with Crippen LogP contribution in [0.3, 0.4) is 0 Å². The molecule has 0 aliphatic carbocycles. The normalized spacial score (nSPS) is 11.1. The molecular weight excluding hydrogens is 198 g/mol. The Labute approximate surface area is 93.1 Å². The first-order valence-corrected chi connectivity index (χ1v) is 6.89. The summed E-state index contributed by atoms with van der Waals surface area (Å²) < 4.78 is 0. The Bertz CT molecular complexity index is 96.9. The Balaban J connectivity index is 2.84. The van der Waals surface area contributed by atoms with Crippen LogP contribution in [-0.4, -0.2) is 42.8 Å². The first-order chi connectivity index (χ1) is 6.27. The summed E-state index contributed by atoms with van der Waals surface area (Å²) in [5.74, 6) is 3.66. The number of hydrogen-bond donors (Lipinski definition) is 1. The summed E-state index contributed by atoms with van der Waals surface area (Å²) in [6, 6.07) is 0. The van der Waals surface area contributed by atoms with E-state index in [-0.39, 0.29) is 0 Å². The molecule has 0 aliphatic rings. The summed E-state index contributed by atoms with van der Waals surface area (Å²) in [6.07, 6.45) is 5.41. The lowest BCUT2D eigenvalue weighted by Gasteiger charge is -2.08. The molecule has 0 saturated carbocycles. The number of hydrogen-bond acceptors (Lipinski definition) is 3. The van der Waals surface area contributed by atoms with E-state index in [4.69, 9.17) is 0 Å². The average Bonchev–Trinajstić information content (AvgIpc) is 2.09. The van der Waals surface area contributed by atoms with Crippen LogP contribution in [0.15, 0.2) is 0 Å². The highest BCUT2D eigenvalue weighted by Crippen LogP contribution is 2.07. The predicted octanol–water partition coefficient (Wildman–Crippen LogP) is 2.77. The van der Waals surface area contributed by atoms with Gasteiger partial charge in [-0.2, -0.15) is 24.4 Å². The van der Waals surface area contributed by atoms with Crippen LogP contribution in [0.2, 0.25) is 0 Å². The van der Waals surface area contributed by atoms with E-state index < -0.39 is 0 Å². The first kappa shape index (κ1) is 13.7. The second kappa shape index (κ2) is 10.7. The van der Waals surface area contributed by atoms with Crippen LogP contribution in [0.25, 0.3) is 0 Å². The number of thiol groups is 1. The minimum absolute atomic E-state index is 1.05. The molecule has 1 nitrogen and oxygen atoms in total. The van der Waals surface area contributed by atoms with Gasteiger partial charge in [-0.15, -0.1) is 0 Å². The quantitative estimate of drug-likeness (QED) is 0.471. The molecular formula is C10H23NS2. The van der Waals surface area contributed by atoms with Crippen LogP contribution in [0.4, 0.5) is 0 Å². The van der Waals surface area contributed by atoms with Gasteiger partial charge >= 0.3 is 0 Å². The van der Waals surface area contributed by atoms with Crippen molar-refractivity contribution in [2.45, 2.75) is 25.7 Å². The van der Waals surface area contributed by atoms with Gasteiger partial charge in [0.15, 0.2) is 0 Å². The molecule has 0 heterocycles. The van der Waals surface area contributed by atoms with Gasteiger partial charge in [-0.3, -0.25) is 0 Å². The molecule has 0 aromatic rings. The van der Waals surface area contributed by atoms with E-state index in [0.717, 1.165) is 5.75 Å². The number of rotatable bonds is 9. The largest absolute Gasteiger partial charge is 0.309 e. The topological polar surface area (TPSA) is 3.24 Å². The van der Waals surface area contributed by atoms with Gasteiger partial charge in [0.1, 0.15) is 0 Å². The number of unbranched alkanes of at least 4 members (excludes halogenated alkanes) is 3. The molecule has 0 aromatic carbocycles. The van der Waals surface area contributed by atoms with E-state index in [1.54, 1.807) is 0 Å². The van der Waals surface area contributed by atoms with Crippen LogP contribution in [-0.2, 0) is 0 Å². The average molecular weight is 221 g/mol. The molecule has 0 N–H and O–H groups in total. The summed E-state index contributed by atoms with van der Waals surface area (Å²) in [5.41, 5.74) is 0. The summed E-state index contributed by atoms with van der Waals surface area (Å²) in [4.78, 5) is 2.24. The van der Waals surface area contributed by atoms with Gasteiger partial charge in [0.25, 0.3) is 0 Å². The van der Waals surface area contributed by atoms with E-state index in [1.165, 1.54) is 43.7 Å². The fourth-order valence-electron chi connectivity index (χ4n) is 1.02. The minimum Gasteiger partial charge on any atom is -0.309 e. The Morgan fingerprint density at radius 3 is 2.31 bits per heavy atom. The van der Waals surface area contributed by atoms with Crippen LogP contribution in [0.5, 0.6) is 0 Å². The van der Waals surface area contributed by atoms with E-state index in [1.807, 2.05) is 0 Å². The first-order valence-electron chi connectivity index (χ1n) is 5.10. The van der Waals surface area contributed by atoms with Gasteiger partial charge in [-0.25, -0.2) is 0 Å². The maximum absolute atomic E-state index is 4.19. The van der Waals surface area contributed by atoms with Crippen molar-refractivity contribution >= 4 is 24.4 Å². The third-order valence-corrected chi connectivity index (χ3v) is 3.24. The Hall–Kier alpha value is 0.660. The van der Waals surface area contributed by atoms with Gasteiger partial charge in [-0.1, -0.05) is 12.8 Å². The van der Waals surface area contributed by atoms with Crippen molar-refractivity contribution in [2.24, 2.45) is 0 Å². The molecule has 80 valence electrons. The van der Waals surface area contributed by atoms with E-state index in [9.17, 15) is 0 Å². The highest BCUT2D eigenvalue weighted by atomic mass is 32.2. The maximum Gasteiger partial charge on any atom is 0.00662 e. The molecule has 0 radical (unpaired) electrons. The van der Waals surface area contributed by atoms with E-state index >= 15 is 0 Å². The molecule has 13 heavy (non-hydrogen) atoms. The van der Waals surface area contributed by atoms with Crippen LogP contribution < -0.4 is 0 Å². The molecule has 0 saturated heterocycles. The lowest BCUT2D eigenvalue weighted by atomic mass is 10.2. The Morgan fingerprint density at radius 1 is 1.00 bits per heavy atom. The molecule has 0 aliphatic heterocycles. The molecule has 0 rings (SSSR count). The van der Waals surface area contributed by atoms with Gasteiger partial charge in [0.2, 0.25) is 0 Å². The van der Waals surface area contributed by atoms with E-state index in [2.05, 4.69) is 43.4 Å². The fraction of sp³-hybridized carbons (Fsp3) is 1.00. The monoisotopic (exact) mass is 221 g/mol. The van der Waals surface area contributed by atoms with Gasteiger partial charge < -0.3 is 4.90 Å². The molecule has 0 atom stereocenters. The lowest BCUT2D eigenvalue weighted by Crippen LogP contribution is -2.14. The zero-order valence-electron chi connectivity index (χ0n) is 8.96. The van der Waals surface area contributed by atoms with Crippen LogP contribution in [0.1, 0.15) is 25.7 Å². The predicted molar refractivity (Wildman–Crippen MR) is 68.2 cm³/mol. The second-order valence-corrected chi connectivity index (χ2v) is 5.23. The third-order valence-electron chi connectivity index (χ3n) is 1.88. The van der Waals surface area contributed by atoms with Crippen molar-refractivity contribution in [3.63, 3.8) is 0 Å². The smallest absolute Gasteiger partial charge is 0.00662 e. The highest BCUT2D eigenvalue weighted by molar-refractivity contribution is 7.99. The molecule has 0 unspecified atom stereocenters. The van der Waals surface area contributed by atoms with Gasteiger partial charge in [0, 0.05) is 12.3 Å². The lowest BCUT2D eigenvalue weighted by molar-refractivity contribution is 0.437. The van der Waals surface area contributed by atoms with E-state index in [0.29, 0.717) is 0 Å². The fourth-order valence-corrected chi connectivity index (χ4v) is 2.35. The van der Waals surface area contributed by atoms with Crippen LogP contribution >= 0.6 is 24.4 Å². The molecule has 3 heteroatoms. The maximum atomic E-state index is 4.19. The van der Waals surface area contributed by atoms with Crippen molar-refractivity contribution in [3.8, 4) is 0 Å². The molecule has 0 aromatic heterocycles. The SMILES string of the molecule is CN(C)CCSCCCCCCS. The molecule has 0 fully saturated rings. The van der Waals surface area contributed by atoms with Crippen molar-refractivity contribution in [3.05, 3.63) is 0 Å². The van der Waals surface area contributed by atoms with Crippen molar-refractivity contribution < 1.29 is 0 Å². The minimum atomic E-state index is 1.05. The van der Waals surface area contributed by atoms with Crippen molar-refractivity contribution in [2.75, 3.05) is 37.9 Å². The standard InChI is InChI=1S/C10H23NS2/c1-11(2)7-10-13-9-6-4-3-5-8-12/h12H,3-10H2,1-2H3. The second-order valence-electron chi connectivity index (χ2n) is 3.55. The summed E-state index contributed by atoms with van der Waals surface area (Å²) in [6.45, 7) is 1.21. The highest BCUT2D eigenvalue weighted by Gasteiger charge is 1.92. The summed E-state index contributed by atoms with van der Waals surface area (Å²) in [7, 11) is 4.26. The van der Waals surface area contributed by atoms with Crippen LogP contribution in [0, 0.1) is 0 Å². The summed E-state index contributed by atoms with van der Waals surface area (Å²) >= 11 is 6.27. The Kier molecular flexibility index (Phi) is 11.3. The third kappa shape index (κ3) is 12.7. The van der Waals surface area contributed by atoms with Gasteiger partial charge in [-0.05, 0) is 38.4 Å². The number of nitrogens with zero attached hydrogens (tertiary/aromatic N) is 1.